The van der Waals surface area contributed by atoms with E-state index in [1.165, 1.54) is 99.9 Å². The molecule has 2 aromatic rings. The molecule has 2 N–H and O–H groups in total. The van der Waals surface area contributed by atoms with Crippen molar-refractivity contribution in [2.24, 2.45) is 0 Å². The molecular formula is C25H41NO2. The van der Waals surface area contributed by atoms with Crippen LogP contribution in [0.5, 0.6) is 5.75 Å². The van der Waals surface area contributed by atoms with Gasteiger partial charge in [0.05, 0.1) is 7.11 Å². The molecule has 0 aliphatic heterocycles. The van der Waals surface area contributed by atoms with Crippen LogP contribution in [0.2, 0.25) is 0 Å². The highest BCUT2D eigenvalue weighted by Gasteiger charge is 2.05. The number of aliphatic hydroxyl groups excluding tert-OH is 1. The topological polar surface area (TPSA) is 45.2 Å². The first-order valence-electron chi connectivity index (χ1n) is 11.6. The van der Waals surface area contributed by atoms with E-state index in [9.17, 15) is 0 Å². The summed E-state index contributed by atoms with van der Waals surface area (Å²) in [7, 11) is 1.73. The van der Waals surface area contributed by atoms with Gasteiger partial charge in [0.2, 0.25) is 0 Å². The molecule has 0 amide bonds. The number of ether oxygens (including phenoxy) is 1. The van der Waals surface area contributed by atoms with Crippen LogP contribution < -0.4 is 4.74 Å². The van der Waals surface area contributed by atoms with Gasteiger partial charge in [0.15, 0.2) is 0 Å². The third-order valence-corrected chi connectivity index (χ3v) is 5.83. The third-order valence-electron chi connectivity index (χ3n) is 5.83. The van der Waals surface area contributed by atoms with Gasteiger partial charge in [-0.05, 0) is 43.0 Å². The van der Waals surface area contributed by atoms with E-state index in [2.05, 4.69) is 23.3 Å². The lowest BCUT2D eigenvalue weighted by atomic mass is 10.0. The Kier molecular flexibility index (Phi) is 11.8. The quantitative estimate of drug-likeness (QED) is 0.282. The van der Waals surface area contributed by atoms with Crippen LogP contribution in [0.25, 0.3) is 10.9 Å². The molecule has 0 saturated heterocycles. The van der Waals surface area contributed by atoms with Crippen molar-refractivity contribution in [3.05, 3.63) is 30.0 Å². The number of aromatic nitrogens is 1. The van der Waals surface area contributed by atoms with E-state index >= 15 is 0 Å². The Morgan fingerprint density at radius 2 is 1.29 bits per heavy atom. The van der Waals surface area contributed by atoms with Crippen molar-refractivity contribution in [3.63, 3.8) is 0 Å². The molecule has 0 radical (unpaired) electrons. The number of hydrogen-bond donors (Lipinski definition) is 2. The summed E-state index contributed by atoms with van der Waals surface area (Å²) in [4.78, 5) is 3.38. The van der Waals surface area contributed by atoms with Crippen LogP contribution in [0, 0.1) is 0 Å². The Morgan fingerprint density at radius 3 is 1.82 bits per heavy atom. The van der Waals surface area contributed by atoms with Gasteiger partial charge >= 0.3 is 0 Å². The highest BCUT2D eigenvalue weighted by molar-refractivity contribution is 5.84. The van der Waals surface area contributed by atoms with Gasteiger partial charge in [-0.1, -0.05) is 77.0 Å². The average Bonchev–Trinajstić information content (AvgIpc) is 3.13. The van der Waals surface area contributed by atoms with E-state index in [0.29, 0.717) is 6.61 Å². The normalized spacial score (nSPS) is 11.4. The maximum Gasteiger partial charge on any atom is 0.119 e. The number of hydrogen-bond acceptors (Lipinski definition) is 2. The minimum Gasteiger partial charge on any atom is -0.497 e. The summed E-state index contributed by atoms with van der Waals surface area (Å²) in [6.07, 6.45) is 21.9. The zero-order valence-corrected chi connectivity index (χ0v) is 18.0. The summed E-state index contributed by atoms with van der Waals surface area (Å²) in [5.74, 6) is 0.940. The minimum atomic E-state index is 0.359. The van der Waals surface area contributed by atoms with Crippen molar-refractivity contribution in [3.8, 4) is 5.75 Å². The first-order valence-corrected chi connectivity index (χ1v) is 11.6. The molecule has 1 aromatic carbocycles. The number of benzene rings is 1. The molecular weight excluding hydrogens is 346 g/mol. The molecule has 0 aliphatic carbocycles. The number of nitrogens with one attached hydrogen (secondary N) is 1. The summed E-state index contributed by atoms with van der Waals surface area (Å²) >= 11 is 0. The van der Waals surface area contributed by atoms with Crippen molar-refractivity contribution in [1.82, 2.24) is 4.98 Å². The van der Waals surface area contributed by atoms with Crippen LogP contribution in [0.15, 0.2) is 24.4 Å². The zero-order chi connectivity index (χ0) is 19.9. The van der Waals surface area contributed by atoms with Crippen LogP contribution in [-0.4, -0.2) is 23.8 Å². The van der Waals surface area contributed by atoms with Gasteiger partial charge in [-0.3, -0.25) is 0 Å². The second-order valence-corrected chi connectivity index (χ2v) is 8.15. The fraction of sp³-hybridized carbons (Fsp3) is 0.680. The molecule has 158 valence electrons. The van der Waals surface area contributed by atoms with Crippen LogP contribution >= 0.6 is 0 Å². The lowest BCUT2D eigenvalue weighted by Crippen LogP contribution is -1.87. The number of fused-ring (bicyclic) bond motifs is 1. The zero-order valence-electron chi connectivity index (χ0n) is 18.0. The van der Waals surface area contributed by atoms with Crippen molar-refractivity contribution >= 4 is 10.9 Å². The number of methoxy groups -OCH3 is 1. The smallest absolute Gasteiger partial charge is 0.119 e. The molecule has 0 spiro atoms. The van der Waals surface area contributed by atoms with Crippen LogP contribution in [0.3, 0.4) is 0 Å². The van der Waals surface area contributed by atoms with Crippen molar-refractivity contribution in [1.29, 1.82) is 0 Å². The number of rotatable bonds is 17. The standard InChI is InChI=1S/C25H41NO2/c1-28-23-17-18-25-24(20-23)22(21-26-25)16-14-12-10-8-6-4-2-3-5-7-9-11-13-15-19-27/h17-18,20-21,26-27H,2-16,19H2,1H3. The van der Waals surface area contributed by atoms with E-state index < -0.39 is 0 Å². The maximum absolute atomic E-state index is 8.75. The highest BCUT2D eigenvalue weighted by atomic mass is 16.5. The van der Waals surface area contributed by atoms with E-state index in [0.717, 1.165) is 18.6 Å². The summed E-state index contributed by atoms with van der Waals surface area (Å²) in [6, 6.07) is 6.27. The Morgan fingerprint density at radius 1 is 0.750 bits per heavy atom. The molecule has 0 atom stereocenters. The summed E-state index contributed by atoms with van der Waals surface area (Å²) < 4.78 is 5.36. The second-order valence-electron chi connectivity index (χ2n) is 8.15. The third kappa shape index (κ3) is 8.68. The molecule has 0 unspecified atom stereocenters. The molecule has 3 nitrogen and oxygen atoms in total. The monoisotopic (exact) mass is 387 g/mol. The van der Waals surface area contributed by atoms with Gasteiger partial charge in [0.1, 0.15) is 5.75 Å². The molecule has 3 heteroatoms. The van der Waals surface area contributed by atoms with Crippen molar-refractivity contribution in [2.45, 2.75) is 96.3 Å². The average molecular weight is 388 g/mol. The van der Waals surface area contributed by atoms with Gasteiger partial charge in [-0.15, -0.1) is 0 Å². The largest absolute Gasteiger partial charge is 0.497 e. The Balaban J connectivity index is 1.42. The number of unbranched alkanes of at least 4 members (excludes halogenated alkanes) is 13. The van der Waals surface area contributed by atoms with Crippen molar-refractivity contribution in [2.75, 3.05) is 13.7 Å². The molecule has 28 heavy (non-hydrogen) atoms. The molecule has 1 aromatic heterocycles. The fourth-order valence-electron chi connectivity index (χ4n) is 4.04. The molecule has 1 heterocycles. The number of aryl methyl sites for hydroxylation is 1. The van der Waals surface area contributed by atoms with Crippen molar-refractivity contribution < 1.29 is 9.84 Å². The van der Waals surface area contributed by atoms with Gasteiger partial charge in [-0.2, -0.15) is 0 Å². The Bertz CT molecular complexity index is 635. The molecule has 0 bridgehead atoms. The predicted molar refractivity (Wildman–Crippen MR) is 120 cm³/mol. The molecule has 0 saturated carbocycles. The Hall–Kier alpha value is -1.48. The van der Waals surface area contributed by atoms with Crippen LogP contribution in [0.1, 0.15) is 95.5 Å². The highest BCUT2D eigenvalue weighted by Crippen LogP contribution is 2.25. The maximum atomic E-state index is 8.75. The summed E-state index contributed by atoms with van der Waals surface area (Å²) in [5, 5.41) is 10.1. The predicted octanol–water partition coefficient (Wildman–Crippen LogP) is 7.17. The molecule has 2 rings (SSSR count). The lowest BCUT2D eigenvalue weighted by molar-refractivity contribution is 0.282. The van der Waals surface area contributed by atoms with E-state index in [-0.39, 0.29) is 0 Å². The van der Waals surface area contributed by atoms with E-state index in [4.69, 9.17) is 9.84 Å². The number of aromatic amines is 1. The first-order chi connectivity index (χ1) is 13.8. The van der Waals surface area contributed by atoms with Crippen LogP contribution in [-0.2, 0) is 6.42 Å². The lowest BCUT2D eigenvalue weighted by Gasteiger charge is -2.04. The number of aliphatic hydroxyl groups is 1. The van der Waals surface area contributed by atoms with E-state index in [1.807, 2.05) is 6.07 Å². The van der Waals surface area contributed by atoms with Gasteiger partial charge in [-0.25, -0.2) is 0 Å². The second kappa shape index (κ2) is 14.5. The summed E-state index contributed by atoms with van der Waals surface area (Å²) in [6.45, 7) is 0.359. The van der Waals surface area contributed by atoms with Gasteiger partial charge in [0, 0.05) is 23.7 Å². The SMILES string of the molecule is COc1ccc2[nH]cc(CCCCCCCCCCCCCCCCO)c2c1. The van der Waals surface area contributed by atoms with Gasteiger partial charge in [0.25, 0.3) is 0 Å². The van der Waals surface area contributed by atoms with Crippen LogP contribution in [0.4, 0.5) is 0 Å². The molecule has 0 fully saturated rings. The first kappa shape index (κ1) is 22.8. The minimum absolute atomic E-state index is 0.359. The molecule has 0 aliphatic rings. The fourth-order valence-corrected chi connectivity index (χ4v) is 4.04. The summed E-state index contributed by atoms with van der Waals surface area (Å²) in [5.41, 5.74) is 2.63. The van der Waals surface area contributed by atoms with E-state index in [1.54, 1.807) is 7.11 Å². The number of H-pyrrole nitrogens is 1. The Labute approximate surface area is 171 Å². The van der Waals surface area contributed by atoms with Gasteiger partial charge < -0.3 is 14.8 Å².